The Bertz CT molecular complexity index is 1210. The standard InChI is InChI=1S/C27H32O8/c1-23(2)18-16(34-4)8-14-11(19(30)26(18)9-15(28)20(23)35-26)5-6-24(3)25(13-7-12(13)21(31)32)10-17(29)27(14,24)22(25)33/h12-13,17,19-20,29-30H,5-10H2,1-4H3,(H,31,32)/t12-,13-,17+,19+,20+,24+,25+,26-,27+/m1/s1. The second kappa shape index (κ2) is 5.92. The van der Waals surface area contributed by atoms with Crippen molar-refractivity contribution in [3.8, 4) is 0 Å². The molecule has 0 radical (unpaired) electrons. The van der Waals surface area contributed by atoms with Gasteiger partial charge in [-0.15, -0.1) is 0 Å². The Morgan fingerprint density at radius 2 is 1.89 bits per heavy atom. The number of hydrogen-bond donors (Lipinski definition) is 3. The van der Waals surface area contributed by atoms with Gasteiger partial charge in [0.15, 0.2) is 11.6 Å². The smallest absolute Gasteiger partial charge is 0.306 e. The van der Waals surface area contributed by atoms with Crippen molar-refractivity contribution in [2.24, 2.45) is 33.5 Å². The van der Waals surface area contributed by atoms with Gasteiger partial charge in [-0.1, -0.05) is 20.8 Å². The summed E-state index contributed by atoms with van der Waals surface area (Å²) in [5.74, 6) is -1.18. The molecule has 0 aromatic carbocycles. The van der Waals surface area contributed by atoms with Crippen LogP contribution in [0.1, 0.15) is 59.3 Å². The molecule has 2 heterocycles. The van der Waals surface area contributed by atoms with Crippen LogP contribution in [0, 0.1) is 33.5 Å². The number of carbonyl (C=O) groups is 3. The van der Waals surface area contributed by atoms with Gasteiger partial charge in [-0.25, -0.2) is 0 Å². The minimum atomic E-state index is -1.21. The number of methoxy groups -OCH3 is 1. The molecule has 8 aliphatic rings. The lowest BCUT2D eigenvalue weighted by Gasteiger charge is -2.66. The zero-order valence-electron chi connectivity index (χ0n) is 20.5. The van der Waals surface area contributed by atoms with Crippen molar-refractivity contribution in [3.05, 3.63) is 22.5 Å². The predicted octanol–water partition coefficient (Wildman–Crippen LogP) is 1.93. The molecule has 8 nitrogen and oxygen atoms in total. The average molecular weight is 485 g/mol. The molecule has 2 saturated heterocycles. The van der Waals surface area contributed by atoms with Gasteiger partial charge >= 0.3 is 5.97 Å². The molecule has 3 N–H and O–H groups in total. The third-order valence-electron chi connectivity index (χ3n) is 11.5. The maximum Gasteiger partial charge on any atom is 0.306 e. The van der Waals surface area contributed by atoms with E-state index in [1.807, 2.05) is 20.8 Å². The molecular formula is C27H32O8. The molecule has 0 amide bonds. The molecule has 8 heteroatoms. The number of rotatable bonds is 3. The summed E-state index contributed by atoms with van der Waals surface area (Å²) in [4.78, 5) is 38.8. The molecule has 6 aliphatic carbocycles. The van der Waals surface area contributed by atoms with Gasteiger partial charge in [0, 0.05) is 29.2 Å². The number of fused-ring (bicyclic) bond motifs is 2. The lowest BCUT2D eigenvalue weighted by molar-refractivity contribution is -0.189. The molecule has 35 heavy (non-hydrogen) atoms. The first-order chi connectivity index (χ1) is 16.4. The molecule has 4 saturated carbocycles. The summed E-state index contributed by atoms with van der Waals surface area (Å²) in [5, 5.41) is 33.1. The zero-order valence-corrected chi connectivity index (χ0v) is 20.5. The summed E-state index contributed by atoms with van der Waals surface area (Å²) < 4.78 is 12.2. The fourth-order valence-corrected chi connectivity index (χ4v) is 10.3. The molecule has 6 fully saturated rings. The Morgan fingerprint density at radius 3 is 2.51 bits per heavy atom. The van der Waals surface area contributed by atoms with Crippen LogP contribution in [0.4, 0.5) is 0 Å². The van der Waals surface area contributed by atoms with Crippen LogP contribution < -0.4 is 0 Å². The van der Waals surface area contributed by atoms with Gasteiger partial charge in [-0.05, 0) is 48.2 Å². The normalized spacial score (nSPS) is 52.6. The van der Waals surface area contributed by atoms with Crippen LogP contribution in [0.25, 0.3) is 0 Å². The summed E-state index contributed by atoms with van der Waals surface area (Å²) in [7, 11) is 1.57. The molecular weight excluding hydrogens is 452 g/mol. The van der Waals surface area contributed by atoms with Gasteiger partial charge in [-0.2, -0.15) is 0 Å². The van der Waals surface area contributed by atoms with Crippen molar-refractivity contribution in [2.75, 3.05) is 7.11 Å². The Balaban J connectivity index is 1.42. The Morgan fingerprint density at radius 1 is 1.17 bits per heavy atom. The van der Waals surface area contributed by atoms with Gasteiger partial charge < -0.3 is 24.8 Å². The number of aliphatic hydroxyl groups is 2. The number of aliphatic carboxylic acids is 1. The summed E-state index contributed by atoms with van der Waals surface area (Å²) in [5.41, 5.74) is -2.29. The van der Waals surface area contributed by atoms with E-state index in [1.54, 1.807) is 7.11 Å². The van der Waals surface area contributed by atoms with Crippen LogP contribution in [0.2, 0.25) is 0 Å². The van der Waals surface area contributed by atoms with Crippen LogP contribution >= 0.6 is 0 Å². The number of allylic oxidation sites excluding steroid dienone is 1. The van der Waals surface area contributed by atoms with E-state index in [-0.39, 0.29) is 36.7 Å². The van der Waals surface area contributed by atoms with Crippen LogP contribution in [0.15, 0.2) is 22.5 Å². The number of Topliss-reactive ketones (excluding diaryl/α,β-unsaturated/α-hetero) is 2. The third-order valence-corrected chi connectivity index (χ3v) is 11.5. The molecule has 0 aromatic rings. The second-order valence-corrected chi connectivity index (χ2v) is 12.8. The molecule has 4 bridgehead atoms. The van der Waals surface area contributed by atoms with Crippen LogP contribution in [0.3, 0.4) is 0 Å². The fraction of sp³-hybridized carbons (Fsp3) is 0.741. The average Bonchev–Trinajstić information content (AvgIpc) is 3.35. The summed E-state index contributed by atoms with van der Waals surface area (Å²) in [6.07, 6.45) is -0.561. The molecule has 2 aliphatic heterocycles. The molecule has 9 atom stereocenters. The number of carbonyl (C=O) groups excluding carboxylic acids is 2. The first-order valence-corrected chi connectivity index (χ1v) is 12.7. The van der Waals surface area contributed by atoms with Crippen molar-refractivity contribution < 1.29 is 39.2 Å². The monoisotopic (exact) mass is 484 g/mol. The van der Waals surface area contributed by atoms with E-state index in [0.717, 1.165) is 5.57 Å². The number of carboxylic acids is 1. The van der Waals surface area contributed by atoms with E-state index < -0.39 is 57.5 Å². The highest BCUT2D eigenvalue weighted by molar-refractivity contribution is 6.07. The molecule has 188 valence electrons. The largest absolute Gasteiger partial charge is 0.501 e. The summed E-state index contributed by atoms with van der Waals surface area (Å²) in [6, 6.07) is 0. The van der Waals surface area contributed by atoms with E-state index in [9.17, 15) is 29.7 Å². The highest BCUT2D eigenvalue weighted by atomic mass is 16.5. The SMILES string of the molecule is COC1=C2C(C)(C)[C@H]3O[C@@]2(CC3=O)[C@@H](O)C2=C(C1)[C@@]13C(=O)[C@@]([C@@H]4C[C@H]4C(=O)O)(C[C@@H]1O)[C@]3(C)CC2. The van der Waals surface area contributed by atoms with Crippen molar-refractivity contribution in [1.82, 2.24) is 0 Å². The van der Waals surface area contributed by atoms with Gasteiger partial charge in [-0.3, -0.25) is 14.4 Å². The third kappa shape index (κ3) is 1.90. The molecule has 2 spiro atoms. The van der Waals surface area contributed by atoms with Crippen molar-refractivity contribution in [1.29, 1.82) is 0 Å². The first kappa shape index (κ1) is 22.2. The lowest BCUT2D eigenvalue weighted by Crippen LogP contribution is -2.71. The fourth-order valence-electron chi connectivity index (χ4n) is 10.3. The maximum absolute atomic E-state index is 14.2. The molecule has 0 unspecified atom stereocenters. The number of carboxylic acid groups (broad SMARTS) is 1. The van der Waals surface area contributed by atoms with E-state index in [1.165, 1.54) is 0 Å². The Labute approximate surface area is 203 Å². The number of aliphatic hydroxyl groups excluding tert-OH is 2. The number of hydrogen-bond acceptors (Lipinski definition) is 7. The van der Waals surface area contributed by atoms with Crippen LogP contribution in [-0.2, 0) is 23.9 Å². The Hall–Kier alpha value is -2.03. The number of ketones is 2. The lowest BCUT2D eigenvalue weighted by atomic mass is 9.34. The van der Waals surface area contributed by atoms with E-state index in [2.05, 4.69) is 0 Å². The van der Waals surface area contributed by atoms with Crippen molar-refractivity contribution in [3.63, 3.8) is 0 Å². The molecule has 8 rings (SSSR count). The van der Waals surface area contributed by atoms with Crippen molar-refractivity contribution >= 4 is 17.5 Å². The highest BCUT2D eigenvalue weighted by Crippen LogP contribution is 2.86. The predicted molar refractivity (Wildman–Crippen MR) is 120 cm³/mol. The van der Waals surface area contributed by atoms with Crippen molar-refractivity contribution in [2.45, 2.75) is 83.2 Å². The maximum atomic E-state index is 14.2. The van der Waals surface area contributed by atoms with Crippen LogP contribution in [-0.4, -0.2) is 63.9 Å². The molecule has 0 aromatic heterocycles. The van der Waals surface area contributed by atoms with E-state index in [0.29, 0.717) is 36.2 Å². The van der Waals surface area contributed by atoms with Gasteiger partial charge in [0.1, 0.15) is 23.6 Å². The first-order valence-electron chi connectivity index (χ1n) is 12.7. The minimum absolute atomic E-state index is 0.0378. The Kier molecular flexibility index (Phi) is 3.75. The van der Waals surface area contributed by atoms with E-state index >= 15 is 0 Å². The van der Waals surface area contributed by atoms with Gasteiger partial charge in [0.25, 0.3) is 0 Å². The van der Waals surface area contributed by atoms with Gasteiger partial charge in [0.05, 0.1) is 24.5 Å². The van der Waals surface area contributed by atoms with Gasteiger partial charge in [0.2, 0.25) is 0 Å². The topological polar surface area (TPSA) is 130 Å². The van der Waals surface area contributed by atoms with E-state index in [4.69, 9.17) is 9.47 Å². The summed E-state index contributed by atoms with van der Waals surface area (Å²) >= 11 is 0. The second-order valence-electron chi connectivity index (χ2n) is 12.8. The minimum Gasteiger partial charge on any atom is -0.501 e. The van der Waals surface area contributed by atoms with Crippen LogP contribution in [0.5, 0.6) is 0 Å². The summed E-state index contributed by atoms with van der Waals surface area (Å²) in [6.45, 7) is 5.91. The highest BCUT2D eigenvalue weighted by Gasteiger charge is 2.91. The quantitative estimate of drug-likeness (QED) is 0.518. The zero-order chi connectivity index (χ0) is 25.1. The number of ether oxygens (including phenoxy) is 2.